The number of carbonyl (C=O) groups is 2. The summed E-state index contributed by atoms with van der Waals surface area (Å²) in [5.74, 6) is -1.00. The van der Waals surface area contributed by atoms with Gasteiger partial charge in [0.2, 0.25) is 5.91 Å². The van der Waals surface area contributed by atoms with E-state index in [9.17, 15) is 14.7 Å². The summed E-state index contributed by atoms with van der Waals surface area (Å²) in [4.78, 5) is 22.8. The first-order chi connectivity index (χ1) is 8.88. The number of benzene rings is 1. The first-order valence-electron chi connectivity index (χ1n) is 6.15. The topological polar surface area (TPSA) is 66.4 Å². The minimum Gasteiger partial charge on any atom is -0.480 e. The maximum absolute atomic E-state index is 11.6. The third-order valence-electron chi connectivity index (χ3n) is 2.56. The van der Waals surface area contributed by atoms with Crippen LogP contribution in [0.15, 0.2) is 24.3 Å². The van der Waals surface area contributed by atoms with Crippen molar-refractivity contribution in [2.24, 2.45) is 5.92 Å². The lowest BCUT2D eigenvalue weighted by atomic mass is 10.0. The smallest absolute Gasteiger partial charge is 0.326 e. The number of carboxylic acid groups (broad SMARTS) is 1. The Labute approximate surface area is 126 Å². The van der Waals surface area contributed by atoms with Crippen LogP contribution >= 0.6 is 22.6 Å². The van der Waals surface area contributed by atoms with Gasteiger partial charge in [-0.05, 0) is 46.2 Å². The van der Waals surface area contributed by atoms with Gasteiger partial charge in [0, 0.05) is 16.4 Å². The average Bonchev–Trinajstić information content (AvgIpc) is 2.26. The summed E-state index contributed by atoms with van der Waals surface area (Å²) in [5.41, 5.74) is 0.907. The monoisotopic (exact) mass is 375 g/mol. The third kappa shape index (κ3) is 6.04. The van der Waals surface area contributed by atoms with E-state index in [0.29, 0.717) is 12.8 Å². The van der Waals surface area contributed by atoms with Gasteiger partial charge >= 0.3 is 5.97 Å². The Bertz CT molecular complexity index is 460. The van der Waals surface area contributed by atoms with Crippen LogP contribution in [0.4, 0.5) is 0 Å². The van der Waals surface area contributed by atoms with Gasteiger partial charge in [0.05, 0.1) is 0 Å². The molecule has 0 spiro atoms. The fraction of sp³-hybridized carbons (Fsp3) is 0.429. The predicted octanol–water partition coefficient (Wildman–Crippen LogP) is 2.45. The lowest BCUT2D eigenvalue weighted by molar-refractivity contribution is -0.141. The molecule has 1 amide bonds. The Morgan fingerprint density at radius 3 is 2.58 bits per heavy atom. The molecule has 5 heteroatoms. The van der Waals surface area contributed by atoms with Crippen LogP contribution in [0.1, 0.15) is 25.8 Å². The number of rotatable bonds is 6. The molecule has 0 saturated heterocycles. The summed E-state index contributed by atoms with van der Waals surface area (Å²) in [7, 11) is 0. The van der Waals surface area contributed by atoms with Crippen molar-refractivity contribution in [3.63, 3.8) is 0 Å². The molecule has 4 nitrogen and oxygen atoms in total. The highest BCUT2D eigenvalue weighted by Gasteiger charge is 2.20. The van der Waals surface area contributed by atoms with E-state index in [1.807, 2.05) is 38.1 Å². The maximum atomic E-state index is 11.6. The van der Waals surface area contributed by atoms with Gasteiger partial charge in [0.15, 0.2) is 0 Å². The van der Waals surface area contributed by atoms with Crippen molar-refractivity contribution >= 4 is 34.5 Å². The Morgan fingerprint density at radius 2 is 2.05 bits per heavy atom. The second kappa shape index (κ2) is 7.47. The number of aliphatic carboxylic acids is 1. The summed E-state index contributed by atoms with van der Waals surface area (Å²) in [6.07, 6.45) is 0.645. The van der Waals surface area contributed by atoms with Crippen LogP contribution in [0, 0.1) is 9.49 Å². The summed E-state index contributed by atoms with van der Waals surface area (Å²) >= 11 is 2.18. The van der Waals surface area contributed by atoms with Crippen LogP contribution in [0.25, 0.3) is 0 Å². The SMILES string of the molecule is CC(C)CC(=O)N[C@@H](Cc1cccc(I)c1)C(=O)O. The Kier molecular flexibility index (Phi) is 6.27. The molecule has 0 saturated carbocycles. The highest BCUT2D eigenvalue weighted by atomic mass is 127. The average molecular weight is 375 g/mol. The molecule has 0 aliphatic carbocycles. The fourth-order valence-corrected chi connectivity index (χ4v) is 2.33. The number of hydrogen-bond acceptors (Lipinski definition) is 2. The molecule has 0 aliphatic heterocycles. The minimum atomic E-state index is -1.00. The molecule has 2 N–H and O–H groups in total. The zero-order valence-electron chi connectivity index (χ0n) is 11.0. The van der Waals surface area contributed by atoms with E-state index in [2.05, 4.69) is 27.9 Å². The standard InChI is InChI=1S/C14H18INO3/c1-9(2)6-13(17)16-12(14(18)19)8-10-4-3-5-11(15)7-10/h3-5,7,9,12H,6,8H2,1-2H3,(H,16,17)(H,18,19)/t12-/m0/s1. The molecule has 0 radical (unpaired) electrons. The number of carboxylic acids is 1. The van der Waals surface area contributed by atoms with E-state index in [0.717, 1.165) is 9.13 Å². The molecule has 0 aromatic heterocycles. The third-order valence-corrected chi connectivity index (χ3v) is 3.23. The molecule has 0 aliphatic rings. The largest absolute Gasteiger partial charge is 0.480 e. The van der Waals surface area contributed by atoms with E-state index < -0.39 is 12.0 Å². The van der Waals surface area contributed by atoms with Gasteiger partial charge in [-0.15, -0.1) is 0 Å². The molecule has 0 heterocycles. The Balaban J connectivity index is 2.68. The molecular formula is C14H18INO3. The molecule has 0 unspecified atom stereocenters. The van der Waals surface area contributed by atoms with E-state index >= 15 is 0 Å². The van der Waals surface area contributed by atoms with Crippen LogP contribution in [0.3, 0.4) is 0 Å². The molecule has 104 valence electrons. The van der Waals surface area contributed by atoms with Crippen molar-refractivity contribution in [2.45, 2.75) is 32.7 Å². The van der Waals surface area contributed by atoms with Crippen molar-refractivity contribution in [3.05, 3.63) is 33.4 Å². The number of halogens is 1. The molecular weight excluding hydrogens is 357 g/mol. The number of carbonyl (C=O) groups excluding carboxylic acids is 1. The van der Waals surface area contributed by atoms with Gasteiger partial charge in [0.1, 0.15) is 6.04 Å². The van der Waals surface area contributed by atoms with Crippen molar-refractivity contribution < 1.29 is 14.7 Å². The maximum Gasteiger partial charge on any atom is 0.326 e. The van der Waals surface area contributed by atoms with Crippen LogP contribution in [-0.4, -0.2) is 23.0 Å². The summed E-state index contributed by atoms with van der Waals surface area (Å²) < 4.78 is 1.05. The highest BCUT2D eigenvalue weighted by Crippen LogP contribution is 2.10. The van der Waals surface area contributed by atoms with Crippen molar-refractivity contribution in [2.75, 3.05) is 0 Å². The molecule has 1 aromatic carbocycles. The highest BCUT2D eigenvalue weighted by molar-refractivity contribution is 14.1. The van der Waals surface area contributed by atoms with Gasteiger partial charge in [-0.3, -0.25) is 4.79 Å². The van der Waals surface area contributed by atoms with Crippen LogP contribution in [0.2, 0.25) is 0 Å². The Morgan fingerprint density at radius 1 is 1.37 bits per heavy atom. The normalized spacial score (nSPS) is 12.2. The van der Waals surface area contributed by atoms with E-state index in [4.69, 9.17) is 0 Å². The van der Waals surface area contributed by atoms with Crippen molar-refractivity contribution in [1.29, 1.82) is 0 Å². The first kappa shape index (κ1) is 15.9. The molecule has 0 fully saturated rings. The predicted molar refractivity (Wildman–Crippen MR) is 81.9 cm³/mol. The summed E-state index contributed by atoms with van der Waals surface area (Å²) in [5, 5.41) is 11.7. The molecule has 1 aromatic rings. The van der Waals surface area contributed by atoms with Gasteiger partial charge in [-0.2, -0.15) is 0 Å². The quantitative estimate of drug-likeness (QED) is 0.751. The Hall–Kier alpha value is -1.11. The van der Waals surface area contributed by atoms with Crippen LogP contribution < -0.4 is 5.32 Å². The van der Waals surface area contributed by atoms with E-state index in [1.165, 1.54) is 0 Å². The molecule has 1 atom stereocenters. The fourth-order valence-electron chi connectivity index (χ4n) is 1.72. The molecule has 1 rings (SSSR count). The zero-order chi connectivity index (χ0) is 14.4. The number of hydrogen-bond donors (Lipinski definition) is 2. The molecule has 0 bridgehead atoms. The zero-order valence-corrected chi connectivity index (χ0v) is 13.2. The summed E-state index contributed by atoms with van der Waals surface area (Å²) in [6, 6.07) is 6.74. The van der Waals surface area contributed by atoms with E-state index in [-0.39, 0.29) is 11.8 Å². The molecule has 19 heavy (non-hydrogen) atoms. The minimum absolute atomic E-state index is 0.215. The first-order valence-corrected chi connectivity index (χ1v) is 7.23. The van der Waals surface area contributed by atoms with Crippen LogP contribution in [-0.2, 0) is 16.0 Å². The lowest BCUT2D eigenvalue weighted by Crippen LogP contribution is -2.42. The number of amides is 1. The van der Waals surface area contributed by atoms with Gasteiger partial charge in [0.25, 0.3) is 0 Å². The van der Waals surface area contributed by atoms with Gasteiger partial charge in [-0.25, -0.2) is 4.79 Å². The second-order valence-corrected chi connectivity index (χ2v) is 6.14. The lowest BCUT2D eigenvalue weighted by Gasteiger charge is -2.15. The van der Waals surface area contributed by atoms with Crippen molar-refractivity contribution in [3.8, 4) is 0 Å². The number of nitrogens with one attached hydrogen (secondary N) is 1. The second-order valence-electron chi connectivity index (χ2n) is 4.89. The van der Waals surface area contributed by atoms with Gasteiger partial charge < -0.3 is 10.4 Å². The summed E-state index contributed by atoms with van der Waals surface area (Å²) in [6.45, 7) is 3.85. The van der Waals surface area contributed by atoms with Crippen molar-refractivity contribution in [1.82, 2.24) is 5.32 Å². The van der Waals surface area contributed by atoms with E-state index in [1.54, 1.807) is 0 Å². The van der Waals surface area contributed by atoms with Crippen LogP contribution in [0.5, 0.6) is 0 Å². The van der Waals surface area contributed by atoms with Gasteiger partial charge in [-0.1, -0.05) is 26.0 Å².